The van der Waals surface area contributed by atoms with E-state index in [2.05, 4.69) is 76.2 Å². The predicted octanol–water partition coefficient (Wildman–Crippen LogP) is 10.2. The van der Waals surface area contributed by atoms with Gasteiger partial charge in [0.15, 0.2) is 0 Å². The van der Waals surface area contributed by atoms with Gasteiger partial charge in [-0.05, 0) is 32.8 Å². The minimum Gasteiger partial charge on any atom is -0.0776 e. The predicted molar refractivity (Wildman–Crippen MR) is 135 cm³/mol. The Labute approximate surface area is 175 Å². The van der Waals surface area contributed by atoms with E-state index in [4.69, 9.17) is 0 Å². The van der Waals surface area contributed by atoms with Crippen molar-refractivity contribution in [3.05, 3.63) is 70.8 Å². The average Bonchev–Trinajstić information content (AvgIpc) is 2.69. The second-order valence-electron chi connectivity index (χ2n) is 4.50. The summed E-state index contributed by atoms with van der Waals surface area (Å²) in [6.45, 7) is 24.5. The van der Waals surface area contributed by atoms with Crippen molar-refractivity contribution in [2.45, 2.75) is 104 Å². The third-order valence-corrected chi connectivity index (χ3v) is 2.70. The molecule has 2 aromatic carbocycles. The fourth-order valence-corrected chi connectivity index (χ4v) is 1.63. The maximum absolute atomic E-state index is 2.18. The van der Waals surface area contributed by atoms with Crippen molar-refractivity contribution in [1.29, 1.82) is 0 Å². The van der Waals surface area contributed by atoms with Gasteiger partial charge in [0.05, 0.1) is 0 Å². The summed E-state index contributed by atoms with van der Waals surface area (Å²) in [6, 6.07) is 17.1. The van der Waals surface area contributed by atoms with E-state index in [0.717, 1.165) is 6.42 Å². The van der Waals surface area contributed by atoms with Gasteiger partial charge in [-0.1, -0.05) is 142 Å². The first-order valence-electron chi connectivity index (χ1n) is 10.2. The summed E-state index contributed by atoms with van der Waals surface area (Å²) in [6.07, 6.45) is 1.14. The highest BCUT2D eigenvalue weighted by Gasteiger charge is 1.85. The molecule has 0 aromatic heterocycles. The first-order chi connectivity index (χ1) is 12.1. The van der Waals surface area contributed by atoms with Crippen LogP contribution in [0.3, 0.4) is 0 Å². The van der Waals surface area contributed by atoms with E-state index in [9.17, 15) is 0 Å². The third kappa shape index (κ3) is 29.5. The summed E-state index contributed by atoms with van der Waals surface area (Å²) < 4.78 is 0. The molecule has 0 spiro atoms. The number of hydrogen-bond donors (Lipinski definition) is 0. The molecule has 27 heavy (non-hydrogen) atoms. The highest BCUT2D eigenvalue weighted by molar-refractivity contribution is 5.21. The molecular formula is C27H54. The highest BCUT2D eigenvalue weighted by Crippen LogP contribution is 2.02. The lowest BCUT2D eigenvalue weighted by Crippen LogP contribution is -1.77. The van der Waals surface area contributed by atoms with E-state index in [-0.39, 0.29) is 14.9 Å². The number of benzene rings is 2. The van der Waals surface area contributed by atoms with Crippen LogP contribution in [0.25, 0.3) is 0 Å². The van der Waals surface area contributed by atoms with Crippen LogP contribution in [0.1, 0.15) is 99.4 Å². The van der Waals surface area contributed by atoms with Crippen LogP contribution < -0.4 is 0 Å². The zero-order valence-electron chi connectivity index (χ0n) is 19.3. The Bertz CT molecular complexity index is 421. The lowest BCUT2D eigenvalue weighted by molar-refractivity contribution is 1.14. The summed E-state index contributed by atoms with van der Waals surface area (Å²) >= 11 is 0. The van der Waals surface area contributed by atoms with Gasteiger partial charge >= 0.3 is 0 Å². The lowest BCUT2D eigenvalue weighted by Gasteiger charge is -1.94. The van der Waals surface area contributed by atoms with E-state index < -0.39 is 0 Å². The summed E-state index contributed by atoms with van der Waals surface area (Å²) in [5, 5.41) is 0. The monoisotopic (exact) mass is 378 g/mol. The zero-order valence-corrected chi connectivity index (χ0v) is 19.3. The number of hydrogen-bond acceptors (Lipinski definition) is 0. The molecule has 0 saturated heterocycles. The van der Waals surface area contributed by atoms with Crippen LogP contribution in [-0.2, 0) is 6.42 Å². The van der Waals surface area contributed by atoms with Gasteiger partial charge in [0.25, 0.3) is 0 Å². The molecule has 0 fully saturated rings. The molecule has 0 heteroatoms. The Morgan fingerprint density at radius 2 is 0.852 bits per heavy atom. The van der Waals surface area contributed by atoms with Gasteiger partial charge in [-0.2, -0.15) is 0 Å². The van der Waals surface area contributed by atoms with Crippen LogP contribution in [0, 0.1) is 20.8 Å². The van der Waals surface area contributed by atoms with Crippen molar-refractivity contribution in [3.8, 4) is 0 Å². The van der Waals surface area contributed by atoms with Gasteiger partial charge in [-0.15, -0.1) is 0 Å². The zero-order chi connectivity index (χ0) is 20.7. The molecule has 0 unspecified atom stereocenters. The summed E-state index contributed by atoms with van der Waals surface area (Å²) in [7, 11) is 0. The molecule has 0 amide bonds. The standard InChI is InChI=1S/C9H12.C8H10.4C2H6.2CH4/c1-3-9-6-4-8(2)5-7-9;1-7-4-3-5-8(2)6-7;4*1-2;;/h4-7H,3H2,1-2H3;3-6H,1-2H3;4*1-2H3;2*1H4. The molecule has 0 aliphatic carbocycles. The molecule has 162 valence electrons. The Morgan fingerprint density at radius 3 is 1.07 bits per heavy atom. The Hall–Kier alpha value is -1.56. The molecule has 0 saturated carbocycles. The number of rotatable bonds is 1. The van der Waals surface area contributed by atoms with Crippen molar-refractivity contribution in [1.82, 2.24) is 0 Å². The molecule has 0 aliphatic rings. The third-order valence-electron chi connectivity index (χ3n) is 2.70. The van der Waals surface area contributed by atoms with Gasteiger partial charge in [0.2, 0.25) is 0 Å². The van der Waals surface area contributed by atoms with Crippen molar-refractivity contribution in [2.24, 2.45) is 0 Å². The van der Waals surface area contributed by atoms with Crippen molar-refractivity contribution in [3.63, 3.8) is 0 Å². The summed E-state index contributed by atoms with van der Waals surface area (Å²) in [5.41, 5.74) is 5.43. The van der Waals surface area contributed by atoms with E-state index in [0.29, 0.717) is 0 Å². The van der Waals surface area contributed by atoms with Gasteiger partial charge < -0.3 is 0 Å². The molecule has 0 atom stereocenters. The van der Waals surface area contributed by atoms with Gasteiger partial charge in [-0.3, -0.25) is 0 Å². The maximum atomic E-state index is 2.18. The van der Waals surface area contributed by atoms with Gasteiger partial charge in [0.1, 0.15) is 0 Å². The normalized spacial score (nSPS) is 6.81. The summed E-state index contributed by atoms with van der Waals surface area (Å²) in [5.74, 6) is 0. The molecular weight excluding hydrogens is 324 g/mol. The second kappa shape index (κ2) is 35.5. The minimum absolute atomic E-state index is 0. The topological polar surface area (TPSA) is 0 Å². The Kier molecular flexibility index (Phi) is 52.9. The van der Waals surface area contributed by atoms with E-state index in [1.54, 1.807) is 0 Å². The lowest BCUT2D eigenvalue weighted by atomic mass is 10.1. The molecule has 0 aliphatic heterocycles. The Morgan fingerprint density at radius 1 is 0.519 bits per heavy atom. The van der Waals surface area contributed by atoms with Gasteiger partial charge in [0, 0.05) is 0 Å². The van der Waals surface area contributed by atoms with Crippen molar-refractivity contribution >= 4 is 0 Å². The first-order valence-corrected chi connectivity index (χ1v) is 10.2. The molecule has 0 heterocycles. The highest BCUT2D eigenvalue weighted by atomic mass is 13.9. The first kappa shape index (κ1) is 40.2. The van der Waals surface area contributed by atoms with Crippen LogP contribution in [0.5, 0.6) is 0 Å². The molecule has 0 radical (unpaired) electrons. The SMILES string of the molecule is C.C.CC.CC.CC.CC.CCc1ccc(C)cc1.Cc1cccc(C)c1. The second-order valence-corrected chi connectivity index (χ2v) is 4.50. The van der Waals surface area contributed by atoms with Crippen LogP contribution in [0.4, 0.5) is 0 Å². The molecule has 2 aromatic rings. The quantitative estimate of drug-likeness (QED) is 0.463. The number of aryl methyl sites for hydroxylation is 4. The largest absolute Gasteiger partial charge is 0.0776 e. The fraction of sp³-hybridized carbons (Fsp3) is 0.556. The van der Waals surface area contributed by atoms with E-state index in [1.165, 1.54) is 22.3 Å². The van der Waals surface area contributed by atoms with Crippen molar-refractivity contribution < 1.29 is 0 Å². The van der Waals surface area contributed by atoms with Crippen LogP contribution in [-0.4, -0.2) is 0 Å². The van der Waals surface area contributed by atoms with Gasteiger partial charge in [-0.25, -0.2) is 0 Å². The van der Waals surface area contributed by atoms with Crippen LogP contribution >= 0.6 is 0 Å². The van der Waals surface area contributed by atoms with E-state index in [1.807, 2.05) is 55.4 Å². The molecule has 0 nitrogen and oxygen atoms in total. The molecule has 0 N–H and O–H groups in total. The van der Waals surface area contributed by atoms with Crippen molar-refractivity contribution in [2.75, 3.05) is 0 Å². The minimum atomic E-state index is 0. The molecule has 0 bridgehead atoms. The Balaban J connectivity index is -0.0000000568. The fourth-order valence-electron chi connectivity index (χ4n) is 1.63. The maximum Gasteiger partial charge on any atom is -0.0307 e. The van der Waals surface area contributed by atoms with Crippen LogP contribution in [0.15, 0.2) is 48.5 Å². The smallest absolute Gasteiger partial charge is 0.0307 e. The average molecular weight is 379 g/mol. The van der Waals surface area contributed by atoms with Crippen LogP contribution in [0.2, 0.25) is 0 Å². The molecule has 2 rings (SSSR count). The summed E-state index contributed by atoms with van der Waals surface area (Å²) in [4.78, 5) is 0. The van der Waals surface area contributed by atoms with E-state index >= 15 is 0 Å².